The third-order valence-electron chi connectivity index (χ3n) is 4.81. The fourth-order valence-electron chi connectivity index (χ4n) is 3.56. The van der Waals surface area contributed by atoms with Crippen LogP contribution < -0.4 is 0 Å². The Balaban J connectivity index is 1.46. The van der Waals surface area contributed by atoms with Crippen LogP contribution in [0.5, 0.6) is 0 Å². The number of fused-ring (bicyclic) bond motifs is 2. The van der Waals surface area contributed by atoms with E-state index in [0.717, 1.165) is 36.8 Å². The summed E-state index contributed by atoms with van der Waals surface area (Å²) < 4.78 is 0. The van der Waals surface area contributed by atoms with Crippen molar-refractivity contribution in [3.8, 4) is 0 Å². The van der Waals surface area contributed by atoms with E-state index in [2.05, 4.69) is 34.6 Å². The van der Waals surface area contributed by atoms with Crippen LogP contribution in [-0.2, 0) is 12.8 Å². The second kappa shape index (κ2) is 6.69. The molecule has 0 N–H and O–H groups in total. The molecular weight excluding hydrogens is 340 g/mol. The Labute approximate surface area is 148 Å². The molecule has 0 amide bonds. The molecule has 0 saturated carbocycles. The Morgan fingerprint density at radius 1 is 0.750 bits per heavy atom. The molecule has 2 aromatic carbocycles. The first kappa shape index (κ1) is 15.8. The van der Waals surface area contributed by atoms with Crippen molar-refractivity contribution >= 4 is 21.6 Å². The van der Waals surface area contributed by atoms with Crippen molar-refractivity contribution in [1.29, 1.82) is 0 Å². The Hall–Kier alpha value is -1.66. The third kappa shape index (κ3) is 2.89. The lowest BCUT2D eigenvalue weighted by atomic mass is 10.1. The SMILES string of the molecule is O=NC1CCc2cc(SSc3ccc4c(c3)CCC4N=O)ccc21. The van der Waals surface area contributed by atoms with E-state index in [1.54, 1.807) is 21.6 Å². The highest BCUT2D eigenvalue weighted by molar-refractivity contribution is 8.76. The molecule has 122 valence electrons. The van der Waals surface area contributed by atoms with Gasteiger partial charge in [0.25, 0.3) is 0 Å². The van der Waals surface area contributed by atoms with E-state index in [-0.39, 0.29) is 12.1 Å². The van der Waals surface area contributed by atoms with Crippen molar-refractivity contribution in [2.75, 3.05) is 0 Å². The van der Waals surface area contributed by atoms with Gasteiger partial charge in [0.2, 0.25) is 0 Å². The van der Waals surface area contributed by atoms with Gasteiger partial charge in [-0.15, -0.1) is 0 Å². The standard InChI is InChI=1S/C18H16N2O2S2/c21-19-17-7-1-11-9-13(3-5-15(11)17)23-24-14-4-6-16-12(10-14)2-8-18(16)20-22/h3-6,9-10,17-18H,1-2,7-8H2. The van der Waals surface area contributed by atoms with Gasteiger partial charge in [-0.05, 0) is 72.2 Å². The largest absolute Gasteiger partial charge is 0.150 e. The fraction of sp³-hybridized carbons (Fsp3) is 0.333. The molecule has 2 aliphatic rings. The van der Waals surface area contributed by atoms with Crippen LogP contribution in [0.3, 0.4) is 0 Å². The van der Waals surface area contributed by atoms with Crippen LogP contribution in [0, 0.1) is 9.81 Å². The number of nitrogens with zero attached hydrogens (tertiary/aromatic N) is 2. The molecule has 0 heterocycles. The number of nitroso groups, excluding NO2 is 2. The van der Waals surface area contributed by atoms with Gasteiger partial charge in [0.15, 0.2) is 0 Å². The van der Waals surface area contributed by atoms with Gasteiger partial charge in [-0.2, -0.15) is 9.81 Å². The summed E-state index contributed by atoms with van der Waals surface area (Å²) in [4.78, 5) is 24.0. The van der Waals surface area contributed by atoms with Gasteiger partial charge in [-0.1, -0.05) is 44.1 Å². The first-order chi connectivity index (χ1) is 11.8. The molecule has 2 unspecified atom stereocenters. The molecule has 6 heteroatoms. The zero-order chi connectivity index (χ0) is 16.5. The van der Waals surface area contributed by atoms with Crippen molar-refractivity contribution < 1.29 is 0 Å². The minimum atomic E-state index is -0.164. The Morgan fingerprint density at radius 3 is 1.62 bits per heavy atom. The van der Waals surface area contributed by atoms with E-state index in [1.165, 1.54) is 20.9 Å². The van der Waals surface area contributed by atoms with Gasteiger partial charge < -0.3 is 0 Å². The molecule has 0 spiro atoms. The summed E-state index contributed by atoms with van der Waals surface area (Å²) in [6.07, 6.45) is 3.53. The van der Waals surface area contributed by atoms with E-state index < -0.39 is 0 Å². The van der Waals surface area contributed by atoms with Crippen molar-refractivity contribution in [3.05, 3.63) is 68.5 Å². The minimum Gasteiger partial charge on any atom is -0.150 e. The maximum Gasteiger partial charge on any atom is 0.117 e. The minimum absolute atomic E-state index is 0.164. The summed E-state index contributed by atoms with van der Waals surface area (Å²) >= 11 is 0. The molecule has 0 fully saturated rings. The van der Waals surface area contributed by atoms with Crippen molar-refractivity contribution in [2.45, 2.75) is 47.6 Å². The molecule has 4 rings (SSSR count). The summed E-state index contributed by atoms with van der Waals surface area (Å²) in [5, 5.41) is 6.41. The normalized spacial score (nSPS) is 21.3. The molecule has 0 bridgehead atoms. The van der Waals surface area contributed by atoms with E-state index in [9.17, 15) is 9.81 Å². The third-order valence-corrected chi connectivity index (χ3v) is 7.19. The topological polar surface area (TPSA) is 58.9 Å². The summed E-state index contributed by atoms with van der Waals surface area (Å²) in [5.74, 6) is 0. The molecule has 0 aromatic heterocycles. The Morgan fingerprint density at radius 2 is 1.21 bits per heavy atom. The van der Waals surface area contributed by atoms with Crippen LogP contribution in [-0.4, -0.2) is 0 Å². The number of hydrogen-bond acceptors (Lipinski definition) is 6. The molecule has 0 saturated heterocycles. The van der Waals surface area contributed by atoms with Crippen LogP contribution in [0.4, 0.5) is 0 Å². The summed E-state index contributed by atoms with van der Waals surface area (Å²) in [5.41, 5.74) is 4.67. The second-order valence-corrected chi connectivity index (χ2v) is 8.48. The predicted octanol–water partition coefficient (Wildman–Crippen LogP) is 5.99. The smallest absolute Gasteiger partial charge is 0.117 e. The monoisotopic (exact) mass is 356 g/mol. The van der Waals surface area contributed by atoms with Gasteiger partial charge in [0, 0.05) is 9.79 Å². The van der Waals surface area contributed by atoms with Crippen molar-refractivity contribution in [3.63, 3.8) is 0 Å². The lowest BCUT2D eigenvalue weighted by Gasteiger charge is -2.07. The molecule has 0 aliphatic heterocycles. The summed E-state index contributed by atoms with van der Waals surface area (Å²) in [6.45, 7) is 0. The highest BCUT2D eigenvalue weighted by atomic mass is 33.1. The van der Waals surface area contributed by atoms with Crippen molar-refractivity contribution in [2.24, 2.45) is 10.4 Å². The second-order valence-electron chi connectivity index (χ2n) is 6.21. The maximum absolute atomic E-state index is 10.8. The van der Waals surface area contributed by atoms with Gasteiger partial charge >= 0.3 is 0 Å². The lowest BCUT2D eigenvalue weighted by molar-refractivity contribution is 0.710. The van der Waals surface area contributed by atoms with E-state index >= 15 is 0 Å². The first-order valence-electron chi connectivity index (χ1n) is 8.03. The zero-order valence-corrected chi connectivity index (χ0v) is 14.6. The highest BCUT2D eigenvalue weighted by Gasteiger charge is 2.24. The molecule has 2 aliphatic carbocycles. The Kier molecular flexibility index (Phi) is 4.41. The van der Waals surface area contributed by atoms with Gasteiger partial charge in [0.1, 0.15) is 12.1 Å². The maximum atomic E-state index is 10.8. The molecule has 4 nitrogen and oxygen atoms in total. The van der Waals surface area contributed by atoms with E-state index in [1.807, 2.05) is 12.1 Å². The quantitative estimate of drug-likeness (QED) is 0.487. The van der Waals surface area contributed by atoms with Crippen molar-refractivity contribution in [1.82, 2.24) is 0 Å². The van der Waals surface area contributed by atoms with Crippen LogP contribution in [0.25, 0.3) is 0 Å². The van der Waals surface area contributed by atoms with Gasteiger partial charge in [-0.25, -0.2) is 0 Å². The molecule has 0 radical (unpaired) electrons. The molecule has 24 heavy (non-hydrogen) atoms. The van der Waals surface area contributed by atoms with Crippen LogP contribution in [0.2, 0.25) is 0 Å². The van der Waals surface area contributed by atoms with Crippen LogP contribution >= 0.6 is 21.6 Å². The number of rotatable bonds is 5. The number of hydrogen-bond donors (Lipinski definition) is 0. The Bertz CT molecular complexity index is 742. The van der Waals surface area contributed by atoms with E-state index in [0.29, 0.717) is 0 Å². The summed E-state index contributed by atoms with van der Waals surface area (Å²) in [7, 11) is 3.45. The van der Waals surface area contributed by atoms with Gasteiger partial charge in [0.05, 0.1) is 0 Å². The average Bonchev–Trinajstić information content (AvgIpc) is 3.22. The first-order valence-corrected chi connectivity index (χ1v) is 10.2. The van der Waals surface area contributed by atoms with Gasteiger partial charge in [-0.3, -0.25) is 0 Å². The van der Waals surface area contributed by atoms with Crippen LogP contribution in [0.1, 0.15) is 47.2 Å². The zero-order valence-electron chi connectivity index (χ0n) is 13.0. The fourth-order valence-corrected chi connectivity index (χ4v) is 5.58. The summed E-state index contributed by atoms with van der Waals surface area (Å²) in [6, 6.07) is 12.3. The average molecular weight is 356 g/mol. The predicted molar refractivity (Wildman–Crippen MR) is 98.3 cm³/mol. The number of aryl methyl sites for hydroxylation is 2. The lowest BCUT2D eigenvalue weighted by Crippen LogP contribution is -1.87. The number of benzene rings is 2. The molecule has 2 atom stereocenters. The molecular formula is C18H16N2O2S2. The highest BCUT2D eigenvalue weighted by Crippen LogP contribution is 2.43. The van der Waals surface area contributed by atoms with E-state index in [4.69, 9.17) is 0 Å². The molecule has 2 aromatic rings. The van der Waals surface area contributed by atoms with Crippen LogP contribution in [0.15, 0.2) is 56.5 Å².